The second-order valence-electron chi connectivity index (χ2n) is 4.36. The molecule has 0 aromatic heterocycles. The van der Waals surface area contributed by atoms with Gasteiger partial charge in [-0.05, 0) is 5.56 Å². The van der Waals surface area contributed by atoms with Crippen LogP contribution in [0.3, 0.4) is 0 Å². The number of nitrogens with zero attached hydrogens (tertiary/aromatic N) is 1. The lowest BCUT2D eigenvalue weighted by atomic mass is 10.1. The Hall–Kier alpha value is -1.84. The van der Waals surface area contributed by atoms with Crippen molar-refractivity contribution in [3.8, 4) is 0 Å². The predicted octanol–water partition coefficient (Wildman–Crippen LogP) is 2.78. The molecule has 0 bridgehead atoms. The van der Waals surface area contributed by atoms with Crippen molar-refractivity contribution < 1.29 is 13.9 Å². The van der Waals surface area contributed by atoms with Gasteiger partial charge in [-0.3, -0.25) is 0 Å². The highest BCUT2D eigenvalue weighted by Crippen LogP contribution is 2.21. The summed E-state index contributed by atoms with van der Waals surface area (Å²) < 4.78 is 18.6. The number of likely N-dealkylation sites (tertiary alicyclic amines) is 1. The molecular formula is C14H16FNO2. The van der Waals surface area contributed by atoms with Gasteiger partial charge in [0.15, 0.2) is 0 Å². The van der Waals surface area contributed by atoms with Crippen molar-refractivity contribution in [1.82, 2.24) is 4.90 Å². The highest BCUT2D eigenvalue weighted by Gasteiger charge is 2.34. The highest BCUT2D eigenvalue weighted by atomic mass is 19.1. The Morgan fingerprint density at radius 1 is 1.44 bits per heavy atom. The number of alkyl halides is 1. The van der Waals surface area contributed by atoms with Crippen LogP contribution in [0.25, 0.3) is 0 Å². The summed E-state index contributed by atoms with van der Waals surface area (Å²) in [7, 11) is 0. The molecule has 0 radical (unpaired) electrons. The van der Waals surface area contributed by atoms with Gasteiger partial charge in [0.1, 0.15) is 12.8 Å². The van der Waals surface area contributed by atoms with E-state index < -0.39 is 12.3 Å². The lowest BCUT2D eigenvalue weighted by Gasteiger charge is -2.15. The second kappa shape index (κ2) is 5.67. The fraction of sp³-hybridized carbons (Fsp3) is 0.357. The van der Waals surface area contributed by atoms with Crippen LogP contribution >= 0.6 is 0 Å². The molecule has 1 aliphatic rings. The Bertz CT molecular complexity index is 421. The van der Waals surface area contributed by atoms with E-state index in [1.165, 1.54) is 4.90 Å². The minimum Gasteiger partial charge on any atom is -0.445 e. The minimum atomic E-state index is -1.04. The van der Waals surface area contributed by atoms with Crippen LogP contribution in [-0.2, 0) is 11.3 Å². The van der Waals surface area contributed by atoms with Gasteiger partial charge in [0, 0.05) is 12.5 Å². The molecular weight excluding hydrogens is 233 g/mol. The van der Waals surface area contributed by atoms with Crippen LogP contribution in [0.5, 0.6) is 0 Å². The molecule has 1 aromatic carbocycles. The number of rotatable bonds is 3. The molecule has 0 spiro atoms. The molecule has 2 rings (SSSR count). The Morgan fingerprint density at radius 2 is 2.17 bits per heavy atom. The Balaban J connectivity index is 1.84. The van der Waals surface area contributed by atoms with E-state index in [0.717, 1.165) is 5.56 Å². The quantitative estimate of drug-likeness (QED) is 0.771. The average Bonchev–Trinajstić information content (AvgIpc) is 2.78. The second-order valence-corrected chi connectivity index (χ2v) is 4.36. The molecule has 96 valence electrons. The molecule has 4 heteroatoms. The van der Waals surface area contributed by atoms with E-state index in [1.54, 1.807) is 6.08 Å². The highest BCUT2D eigenvalue weighted by molar-refractivity contribution is 5.68. The Morgan fingerprint density at radius 3 is 2.78 bits per heavy atom. The van der Waals surface area contributed by atoms with Gasteiger partial charge in [0.25, 0.3) is 0 Å². The van der Waals surface area contributed by atoms with Crippen molar-refractivity contribution in [2.24, 2.45) is 5.92 Å². The molecule has 1 fully saturated rings. The smallest absolute Gasteiger partial charge is 0.410 e. The summed E-state index contributed by atoms with van der Waals surface area (Å²) in [5, 5.41) is 0. The van der Waals surface area contributed by atoms with Gasteiger partial charge in [0.2, 0.25) is 0 Å². The van der Waals surface area contributed by atoms with Crippen molar-refractivity contribution in [3.63, 3.8) is 0 Å². The SMILES string of the molecule is C=C[C@H]1CN(C(=O)OCc2ccccc2)C[C@H]1F. The Kier molecular flexibility index (Phi) is 3.97. The van der Waals surface area contributed by atoms with Crippen LogP contribution in [0.1, 0.15) is 5.56 Å². The van der Waals surface area contributed by atoms with Crippen molar-refractivity contribution in [3.05, 3.63) is 48.6 Å². The summed E-state index contributed by atoms with van der Waals surface area (Å²) >= 11 is 0. The zero-order chi connectivity index (χ0) is 13.0. The maximum absolute atomic E-state index is 13.4. The summed E-state index contributed by atoms with van der Waals surface area (Å²) in [6, 6.07) is 9.41. The number of carbonyl (C=O) groups excluding carboxylic acids is 1. The normalized spacial score (nSPS) is 22.8. The number of halogens is 1. The Labute approximate surface area is 106 Å². The third-order valence-corrected chi connectivity index (χ3v) is 3.06. The van der Waals surface area contributed by atoms with Gasteiger partial charge in [-0.1, -0.05) is 36.4 Å². The van der Waals surface area contributed by atoms with Gasteiger partial charge in [-0.25, -0.2) is 9.18 Å². The number of benzene rings is 1. The zero-order valence-electron chi connectivity index (χ0n) is 10.1. The zero-order valence-corrected chi connectivity index (χ0v) is 10.1. The molecule has 1 aliphatic heterocycles. The molecule has 0 aliphatic carbocycles. The maximum atomic E-state index is 13.4. The summed E-state index contributed by atoms with van der Waals surface area (Å²) in [5.74, 6) is -0.283. The van der Waals surface area contributed by atoms with Gasteiger partial charge in [-0.2, -0.15) is 0 Å². The summed E-state index contributed by atoms with van der Waals surface area (Å²) in [5.41, 5.74) is 0.919. The van der Waals surface area contributed by atoms with E-state index in [1.807, 2.05) is 30.3 Å². The minimum absolute atomic E-state index is 0.0876. The summed E-state index contributed by atoms with van der Waals surface area (Å²) in [6.45, 7) is 4.21. The third-order valence-electron chi connectivity index (χ3n) is 3.06. The van der Waals surface area contributed by atoms with E-state index in [0.29, 0.717) is 6.54 Å². The van der Waals surface area contributed by atoms with E-state index in [-0.39, 0.29) is 19.1 Å². The number of hydrogen-bond acceptors (Lipinski definition) is 2. The number of ether oxygens (including phenoxy) is 1. The first kappa shape index (κ1) is 12.6. The third kappa shape index (κ3) is 2.88. The monoisotopic (exact) mass is 249 g/mol. The van der Waals surface area contributed by atoms with Crippen LogP contribution in [0.15, 0.2) is 43.0 Å². The van der Waals surface area contributed by atoms with Crippen LogP contribution in [-0.4, -0.2) is 30.3 Å². The largest absolute Gasteiger partial charge is 0.445 e. The summed E-state index contributed by atoms with van der Waals surface area (Å²) in [6.07, 6.45) is 0.0485. The molecule has 0 saturated carbocycles. The van der Waals surface area contributed by atoms with Crippen LogP contribution < -0.4 is 0 Å². The first-order chi connectivity index (χ1) is 8.70. The number of amides is 1. The predicted molar refractivity (Wildman–Crippen MR) is 66.8 cm³/mol. The molecule has 1 aromatic rings. The van der Waals surface area contributed by atoms with Crippen molar-refractivity contribution in [2.45, 2.75) is 12.8 Å². The molecule has 2 atom stereocenters. The van der Waals surface area contributed by atoms with Gasteiger partial charge >= 0.3 is 6.09 Å². The van der Waals surface area contributed by atoms with E-state index in [4.69, 9.17) is 4.74 Å². The molecule has 0 N–H and O–H groups in total. The van der Waals surface area contributed by atoms with E-state index in [9.17, 15) is 9.18 Å². The van der Waals surface area contributed by atoms with Gasteiger partial charge in [0.05, 0.1) is 6.54 Å². The van der Waals surface area contributed by atoms with E-state index in [2.05, 4.69) is 6.58 Å². The lowest BCUT2D eigenvalue weighted by molar-refractivity contribution is 0.102. The van der Waals surface area contributed by atoms with Crippen LogP contribution in [0.2, 0.25) is 0 Å². The number of carbonyl (C=O) groups is 1. The van der Waals surface area contributed by atoms with Crippen molar-refractivity contribution >= 4 is 6.09 Å². The first-order valence-corrected chi connectivity index (χ1v) is 5.93. The summed E-state index contributed by atoms with van der Waals surface area (Å²) in [4.78, 5) is 13.1. The van der Waals surface area contributed by atoms with Crippen molar-refractivity contribution in [1.29, 1.82) is 0 Å². The van der Waals surface area contributed by atoms with Crippen molar-refractivity contribution in [2.75, 3.05) is 13.1 Å². The van der Waals surface area contributed by atoms with Crippen LogP contribution in [0, 0.1) is 5.92 Å². The first-order valence-electron chi connectivity index (χ1n) is 5.93. The molecule has 0 unspecified atom stereocenters. The molecule has 1 heterocycles. The fourth-order valence-corrected chi connectivity index (χ4v) is 1.97. The standard InChI is InChI=1S/C14H16FNO2/c1-2-12-8-16(9-13(12)15)14(17)18-10-11-6-4-3-5-7-11/h2-7,12-13H,1,8-10H2/t12-,13+/m0/s1. The van der Waals surface area contributed by atoms with Gasteiger partial charge in [-0.15, -0.1) is 6.58 Å². The maximum Gasteiger partial charge on any atom is 0.410 e. The molecule has 1 amide bonds. The molecule has 3 nitrogen and oxygen atoms in total. The average molecular weight is 249 g/mol. The topological polar surface area (TPSA) is 29.5 Å². The van der Waals surface area contributed by atoms with E-state index >= 15 is 0 Å². The van der Waals surface area contributed by atoms with Crippen LogP contribution in [0.4, 0.5) is 9.18 Å². The molecule has 18 heavy (non-hydrogen) atoms. The molecule has 1 saturated heterocycles. The lowest BCUT2D eigenvalue weighted by Crippen LogP contribution is -2.29. The number of hydrogen-bond donors (Lipinski definition) is 0. The van der Waals surface area contributed by atoms with Gasteiger partial charge < -0.3 is 9.64 Å². The fourth-order valence-electron chi connectivity index (χ4n) is 1.97.